The van der Waals surface area contributed by atoms with Gasteiger partial charge in [-0.1, -0.05) is 18.2 Å². The number of aryl methyl sites for hydroxylation is 2. The van der Waals surface area contributed by atoms with E-state index < -0.39 is 5.97 Å². The van der Waals surface area contributed by atoms with Gasteiger partial charge in [0.05, 0.1) is 11.6 Å². The molecule has 4 nitrogen and oxygen atoms in total. The molecule has 0 spiro atoms. The van der Waals surface area contributed by atoms with Gasteiger partial charge < -0.3 is 4.74 Å². The lowest BCUT2D eigenvalue weighted by Crippen LogP contribution is -2.08. The van der Waals surface area contributed by atoms with Crippen molar-refractivity contribution in [1.82, 2.24) is 9.97 Å². The molecule has 0 fully saturated rings. The Bertz CT molecular complexity index is 878. The molecule has 0 aliphatic rings. The zero-order chi connectivity index (χ0) is 18.4. The summed E-state index contributed by atoms with van der Waals surface area (Å²) >= 11 is 1.40. The first-order valence-corrected chi connectivity index (χ1v) is 9.26. The number of carbonyl (C=O) groups is 1. The number of benzene rings is 1. The van der Waals surface area contributed by atoms with Crippen LogP contribution in [0.3, 0.4) is 0 Å². The second-order valence-electron chi connectivity index (χ2n) is 5.94. The molecule has 0 amide bonds. The van der Waals surface area contributed by atoms with Crippen molar-refractivity contribution in [1.29, 1.82) is 0 Å². The van der Waals surface area contributed by atoms with Crippen molar-refractivity contribution in [2.45, 2.75) is 26.2 Å². The van der Waals surface area contributed by atoms with Crippen molar-refractivity contribution in [3.05, 3.63) is 81.3 Å². The first-order valence-electron chi connectivity index (χ1n) is 8.38. The molecule has 134 valence electrons. The zero-order valence-corrected chi connectivity index (χ0v) is 15.3. The predicted octanol–water partition coefficient (Wildman–Crippen LogP) is 4.37. The number of thiazole rings is 1. The van der Waals surface area contributed by atoms with Crippen LogP contribution in [0.1, 0.15) is 38.9 Å². The molecule has 0 saturated heterocycles. The van der Waals surface area contributed by atoms with Crippen LogP contribution in [0.25, 0.3) is 0 Å². The van der Waals surface area contributed by atoms with Gasteiger partial charge in [-0.15, -0.1) is 11.3 Å². The highest BCUT2D eigenvalue weighted by Crippen LogP contribution is 2.16. The number of hydrogen-bond donors (Lipinski definition) is 0. The fourth-order valence-corrected chi connectivity index (χ4v) is 3.29. The van der Waals surface area contributed by atoms with Crippen molar-refractivity contribution in [2.24, 2.45) is 0 Å². The molecule has 3 aromatic rings. The minimum Gasteiger partial charge on any atom is -0.461 e. The molecule has 1 aromatic carbocycles. The van der Waals surface area contributed by atoms with Crippen LogP contribution in [0.4, 0.5) is 4.39 Å². The van der Waals surface area contributed by atoms with Crippen molar-refractivity contribution >= 4 is 17.3 Å². The Labute approximate surface area is 155 Å². The third-order valence-corrected chi connectivity index (χ3v) is 4.63. The van der Waals surface area contributed by atoms with Gasteiger partial charge in [0.1, 0.15) is 5.82 Å². The molecule has 0 saturated carbocycles. The molecule has 0 aliphatic carbocycles. The normalized spacial score (nSPS) is 10.7. The number of ether oxygens (including phenoxy) is 1. The first kappa shape index (κ1) is 18.2. The third-order valence-electron chi connectivity index (χ3n) is 3.79. The quantitative estimate of drug-likeness (QED) is 0.458. The van der Waals surface area contributed by atoms with E-state index in [4.69, 9.17) is 4.74 Å². The summed E-state index contributed by atoms with van der Waals surface area (Å²) in [6, 6.07) is 12.2. The van der Waals surface area contributed by atoms with E-state index in [2.05, 4.69) is 9.97 Å². The van der Waals surface area contributed by atoms with E-state index in [0.29, 0.717) is 18.7 Å². The first-order chi connectivity index (χ1) is 12.6. The highest BCUT2D eigenvalue weighted by molar-refractivity contribution is 7.09. The van der Waals surface area contributed by atoms with E-state index in [9.17, 15) is 9.18 Å². The summed E-state index contributed by atoms with van der Waals surface area (Å²) in [6.07, 6.45) is 2.05. The maximum absolute atomic E-state index is 12.9. The molecule has 0 atom stereocenters. The molecule has 0 radical (unpaired) electrons. The Kier molecular flexibility index (Phi) is 6.07. The van der Waals surface area contributed by atoms with Gasteiger partial charge in [0.25, 0.3) is 0 Å². The molecular weight excluding hydrogens is 351 g/mol. The van der Waals surface area contributed by atoms with Crippen LogP contribution >= 0.6 is 11.3 Å². The average molecular weight is 370 g/mol. The van der Waals surface area contributed by atoms with Crippen LogP contribution in [0, 0.1) is 12.7 Å². The van der Waals surface area contributed by atoms with Gasteiger partial charge in [0.2, 0.25) is 0 Å². The number of hydrogen-bond acceptors (Lipinski definition) is 5. The lowest BCUT2D eigenvalue weighted by atomic mass is 10.1. The monoisotopic (exact) mass is 370 g/mol. The second-order valence-corrected chi connectivity index (χ2v) is 6.88. The lowest BCUT2D eigenvalue weighted by Gasteiger charge is -2.03. The number of halogens is 1. The molecule has 0 aliphatic heterocycles. The Morgan fingerprint density at radius 1 is 1.15 bits per heavy atom. The Hall–Kier alpha value is -2.60. The van der Waals surface area contributed by atoms with Crippen LogP contribution < -0.4 is 0 Å². The molecule has 0 bridgehead atoms. The summed E-state index contributed by atoms with van der Waals surface area (Å²) in [5, 5.41) is 2.50. The molecule has 26 heavy (non-hydrogen) atoms. The summed E-state index contributed by atoms with van der Waals surface area (Å²) in [5.41, 5.74) is 3.25. The molecule has 6 heteroatoms. The van der Waals surface area contributed by atoms with Crippen molar-refractivity contribution in [3.63, 3.8) is 0 Å². The smallest absolute Gasteiger partial charge is 0.357 e. The largest absolute Gasteiger partial charge is 0.461 e. The van der Waals surface area contributed by atoms with Gasteiger partial charge in [0.15, 0.2) is 5.69 Å². The number of pyridine rings is 1. The van der Waals surface area contributed by atoms with E-state index in [-0.39, 0.29) is 5.82 Å². The van der Waals surface area contributed by atoms with Gasteiger partial charge in [-0.05, 0) is 49.6 Å². The van der Waals surface area contributed by atoms with E-state index >= 15 is 0 Å². The SMILES string of the molecule is Cc1cccc(CCCOC(=O)c2csc(Cc3ccc(F)cc3)n2)n1. The highest BCUT2D eigenvalue weighted by Gasteiger charge is 2.12. The van der Waals surface area contributed by atoms with Crippen molar-refractivity contribution in [2.75, 3.05) is 6.61 Å². The van der Waals surface area contributed by atoms with E-state index in [0.717, 1.165) is 34.8 Å². The maximum atomic E-state index is 12.9. The summed E-state index contributed by atoms with van der Waals surface area (Å²) in [7, 11) is 0. The van der Waals surface area contributed by atoms with E-state index in [1.165, 1.54) is 23.5 Å². The van der Waals surface area contributed by atoms with Crippen LogP contribution in [-0.4, -0.2) is 22.5 Å². The molecule has 0 N–H and O–H groups in total. The molecule has 2 aromatic heterocycles. The number of nitrogens with zero attached hydrogens (tertiary/aromatic N) is 2. The summed E-state index contributed by atoms with van der Waals surface area (Å²) in [4.78, 5) is 20.8. The molecular formula is C20H19FN2O2S. The van der Waals surface area contributed by atoms with Crippen molar-refractivity contribution in [3.8, 4) is 0 Å². The number of rotatable bonds is 7. The average Bonchev–Trinajstić information content (AvgIpc) is 3.09. The van der Waals surface area contributed by atoms with E-state index in [1.807, 2.05) is 25.1 Å². The van der Waals surface area contributed by atoms with Crippen LogP contribution in [0.5, 0.6) is 0 Å². The fraction of sp³-hybridized carbons (Fsp3) is 0.250. The van der Waals surface area contributed by atoms with Gasteiger partial charge in [-0.25, -0.2) is 14.2 Å². The third kappa shape index (κ3) is 5.20. The lowest BCUT2D eigenvalue weighted by molar-refractivity contribution is 0.0494. The maximum Gasteiger partial charge on any atom is 0.357 e. The second kappa shape index (κ2) is 8.67. The molecule has 3 rings (SSSR count). The van der Waals surface area contributed by atoms with Gasteiger partial charge in [-0.2, -0.15) is 0 Å². The Balaban J connectivity index is 1.46. The minimum absolute atomic E-state index is 0.266. The van der Waals surface area contributed by atoms with E-state index in [1.54, 1.807) is 17.5 Å². The predicted molar refractivity (Wildman–Crippen MR) is 98.9 cm³/mol. The summed E-state index contributed by atoms with van der Waals surface area (Å²) < 4.78 is 18.2. The number of carbonyl (C=O) groups excluding carboxylic acids is 1. The van der Waals surface area contributed by atoms with Gasteiger partial charge >= 0.3 is 5.97 Å². The highest BCUT2D eigenvalue weighted by atomic mass is 32.1. The minimum atomic E-state index is -0.413. The standard InChI is InChI=1S/C20H19FN2O2S/c1-14-4-2-5-17(22-14)6-3-11-25-20(24)18-13-26-19(23-18)12-15-7-9-16(21)10-8-15/h2,4-5,7-10,13H,3,6,11-12H2,1H3. The number of aromatic nitrogens is 2. The topological polar surface area (TPSA) is 52.1 Å². The Morgan fingerprint density at radius 3 is 2.73 bits per heavy atom. The van der Waals surface area contributed by atoms with Crippen LogP contribution in [-0.2, 0) is 17.6 Å². The van der Waals surface area contributed by atoms with Gasteiger partial charge in [0, 0.05) is 23.2 Å². The Morgan fingerprint density at radius 2 is 1.96 bits per heavy atom. The summed E-state index contributed by atoms with van der Waals surface area (Å²) in [6.45, 7) is 2.29. The molecule has 2 heterocycles. The molecule has 0 unspecified atom stereocenters. The number of esters is 1. The van der Waals surface area contributed by atoms with Crippen LogP contribution in [0.2, 0.25) is 0 Å². The van der Waals surface area contributed by atoms with Gasteiger partial charge in [-0.3, -0.25) is 4.98 Å². The fourth-order valence-electron chi connectivity index (χ4n) is 2.49. The van der Waals surface area contributed by atoms with Crippen molar-refractivity contribution < 1.29 is 13.9 Å². The van der Waals surface area contributed by atoms with Crippen LogP contribution in [0.15, 0.2) is 47.8 Å². The summed E-state index contributed by atoms with van der Waals surface area (Å²) in [5.74, 6) is -0.679. The zero-order valence-electron chi connectivity index (χ0n) is 14.4.